The molecule has 0 spiro atoms. The van der Waals surface area contributed by atoms with E-state index < -0.39 is 10.0 Å². The number of aryl methyl sites for hydroxylation is 1. The number of fused-ring (bicyclic) bond motifs is 1. The van der Waals surface area contributed by atoms with Gasteiger partial charge >= 0.3 is 0 Å². The molecule has 134 valence electrons. The average Bonchev–Trinajstić information content (AvgIpc) is 2.90. The summed E-state index contributed by atoms with van der Waals surface area (Å²) in [5.74, 6) is 0.911. The molecule has 0 bridgehead atoms. The lowest BCUT2D eigenvalue weighted by Gasteiger charge is -2.26. The van der Waals surface area contributed by atoms with Crippen LogP contribution in [0.2, 0.25) is 0 Å². The smallest absolute Gasteiger partial charge is 0.264 e. The van der Waals surface area contributed by atoms with Crippen molar-refractivity contribution in [2.45, 2.75) is 51.0 Å². The molecule has 4 nitrogen and oxygen atoms in total. The third-order valence-corrected chi connectivity index (χ3v) is 6.90. The molecule has 0 aliphatic carbocycles. The van der Waals surface area contributed by atoms with Gasteiger partial charge in [-0.2, -0.15) is 0 Å². The van der Waals surface area contributed by atoms with Crippen molar-refractivity contribution in [1.82, 2.24) is 0 Å². The van der Waals surface area contributed by atoms with Crippen LogP contribution in [-0.2, 0) is 16.4 Å². The Balaban J connectivity index is 2.17. The molecule has 0 N–H and O–H groups in total. The summed E-state index contributed by atoms with van der Waals surface area (Å²) in [5, 5.41) is 0. The fourth-order valence-electron chi connectivity index (χ4n) is 3.59. The third kappa shape index (κ3) is 2.91. The van der Waals surface area contributed by atoms with Crippen LogP contribution in [0.5, 0.6) is 5.75 Å². The van der Waals surface area contributed by atoms with Gasteiger partial charge in [0.2, 0.25) is 0 Å². The minimum Gasteiger partial charge on any atom is -0.496 e. The fourth-order valence-corrected chi connectivity index (χ4v) is 5.53. The molecule has 1 aliphatic heterocycles. The van der Waals surface area contributed by atoms with Crippen LogP contribution in [0.15, 0.2) is 41.3 Å². The van der Waals surface area contributed by atoms with Gasteiger partial charge in [0.1, 0.15) is 5.75 Å². The Morgan fingerprint density at radius 2 is 1.88 bits per heavy atom. The first-order valence-electron chi connectivity index (χ1n) is 8.58. The fraction of sp³-hybridized carbons (Fsp3) is 0.400. The van der Waals surface area contributed by atoms with Gasteiger partial charge in [-0.25, -0.2) is 8.42 Å². The quantitative estimate of drug-likeness (QED) is 0.819. The van der Waals surface area contributed by atoms with E-state index in [2.05, 4.69) is 0 Å². The van der Waals surface area contributed by atoms with Crippen LogP contribution in [0.4, 0.5) is 5.69 Å². The van der Waals surface area contributed by atoms with Gasteiger partial charge in [-0.15, -0.1) is 0 Å². The van der Waals surface area contributed by atoms with Gasteiger partial charge in [0, 0.05) is 6.04 Å². The topological polar surface area (TPSA) is 46.6 Å². The Morgan fingerprint density at radius 1 is 1.20 bits per heavy atom. The second kappa shape index (κ2) is 6.37. The number of anilines is 1. The molecule has 3 rings (SSSR count). The molecule has 5 heteroatoms. The van der Waals surface area contributed by atoms with Crippen LogP contribution in [0.25, 0.3) is 0 Å². The first-order valence-corrected chi connectivity index (χ1v) is 10.0. The number of hydrogen-bond donors (Lipinski definition) is 0. The molecule has 0 aromatic heterocycles. The van der Waals surface area contributed by atoms with Crippen LogP contribution in [0.1, 0.15) is 43.4 Å². The molecule has 0 radical (unpaired) electrons. The zero-order chi connectivity index (χ0) is 18.4. The van der Waals surface area contributed by atoms with E-state index in [0.717, 1.165) is 29.0 Å². The molecule has 0 amide bonds. The SMILES string of the molecule is COc1cc(C)c(S(=O)(=O)N2c3ccccc3C[C@@H]2C)cc1C(C)C. The lowest BCUT2D eigenvalue weighted by molar-refractivity contribution is 0.406. The van der Waals surface area contributed by atoms with E-state index in [1.165, 1.54) is 0 Å². The van der Waals surface area contributed by atoms with Crippen LogP contribution >= 0.6 is 0 Å². The zero-order valence-corrected chi connectivity index (χ0v) is 16.2. The first kappa shape index (κ1) is 17.8. The average molecular weight is 359 g/mol. The third-order valence-electron chi connectivity index (χ3n) is 4.83. The highest BCUT2D eigenvalue weighted by atomic mass is 32.2. The first-order chi connectivity index (χ1) is 11.8. The maximum absolute atomic E-state index is 13.5. The molecule has 1 atom stereocenters. The number of sulfonamides is 1. The molecule has 0 unspecified atom stereocenters. The van der Waals surface area contributed by atoms with Crippen molar-refractivity contribution in [3.8, 4) is 5.75 Å². The number of rotatable bonds is 4. The highest BCUT2D eigenvalue weighted by molar-refractivity contribution is 7.93. The molecule has 2 aromatic carbocycles. The van der Waals surface area contributed by atoms with E-state index in [1.54, 1.807) is 17.5 Å². The molecular formula is C20H25NO3S. The Bertz CT molecular complexity index is 903. The minimum absolute atomic E-state index is 0.0913. The van der Waals surface area contributed by atoms with E-state index in [9.17, 15) is 8.42 Å². The minimum atomic E-state index is -3.64. The highest BCUT2D eigenvalue weighted by Crippen LogP contribution is 2.39. The summed E-state index contributed by atoms with van der Waals surface area (Å²) in [7, 11) is -2.02. The number of methoxy groups -OCH3 is 1. The highest BCUT2D eigenvalue weighted by Gasteiger charge is 2.37. The van der Waals surface area contributed by atoms with Crippen LogP contribution in [-0.4, -0.2) is 21.6 Å². The predicted octanol–water partition coefficient (Wildman–Crippen LogP) is 4.27. The van der Waals surface area contributed by atoms with Crippen molar-refractivity contribution in [3.63, 3.8) is 0 Å². The van der Waals surface area contributed by atoms with Crippen LogP contribution in [0.3, 0.4) is 0 Å². The predicted molar refractivity (Wildman–Crippen MR) is 101 cm³/mol. The standard InChI is InChI=1S/C20H25NO3S/c1-13(2)17-12-20(14(3)10-19(17)24-5)25(22,23)21-15(4)11-16-8-6-7-9-18(16)21/h6-10,12-13,15H,11H2,1-5H3/t15-/m0/s1. The molecule has 0 fully saturated rings. The summed E-state index contributed by atoms with van der Waals surface area (Å²) in [6, 6.07) is 11.3. The van der Waals surface area contributed by atoms with E-state index in [-0.39, 0.29) is 12.0 Å². The summed E-state index contributed by atoms with van der Waals surface area (Å²) in [5.41, 5.74) is 3.48. The number of ether oxygens (including phenoxy) is 1. The molecule has 1 heterocycles. The van der Waals surface area contributed by atoms with Crippen molar-refractivity contribution < 1.29 is 13.2 Å². The maximum atomic E-state index is 13.5. The van der Waals surface area contributed by atoms with Gasteiger partial charge < -0.3 is 4.74 Å². The molecule has 0 saturated heterocycles. The van der Waals surface area contributed by atoms with Gasteiger partial charge in [-0.05, 0) is 61.1 Å². The molecule has 0 saturated carbocycles. The molecule has 1 aliphatic rings. The summed E-state index contributed by atoms with van der Waals surface area (Å²) in [6.45, 7) is 7.86. The maximum Gasteiger partial charge on any atom is 0.264 e. The summed E-state index contributed by atoms with van der Waals surface area (Å²) >= 11 is 0. The Kier molecular flexibility index (Phi) is 4.54. The van der Waals surface area contributed by atoms with E-state index in [1.807, 2.05) is 58.0 Å². The summed E-state index contributed by atoms with van der Waals surface area (Å²) in [6.07, 6.45) is 0.738. The number of nitrogens with zero attached hydrogens (tertiary/aromatic N) is 1. The normalized spacial score (nSPS) is 17.0. The van der Waals surface area contributed by atoms with Crippen LogP contribution < -0.4 is 9.04 Å². The zero-order valence-electron chi connectivity index (χ0n) is 15.4. The van der Waals surface area contributed by atoms with Crippen molar-refractivity contribution in [2.24, 2.45) is 0 Å². The van der Waals surface area contributed by atoms with Crippen molar-refractivity contribution in [3.05, 3.63) is 53.1 Å². The number of hydrogen-bond acceptors (Lipinski definition) is 3. The Morgan fingerprint density at radius 3 is 2.52 bits per heavy atom. The van der Waals surface area contributed by atoms with E-state index in [4.69, 9.17) is 4.74 Å². The van der Waals surface area contributed by atoms with Gasteiger partial charge in [0.05, 0.1) is 17.7 Å². The Hall–Kier alpha value is -2.01. The monoisotopic (exact) mass is 359 g/mol. The van der Waals surface area contributed by atoms with Crippen LogP contribution in [0, 0.1) is 6.92 Å². The largest absolute Gasteiger partial charge is 0.496 e. The van der Waals surface area contributed by atoms with E-state index in [0.29, 0.717) is 10.5 Å². The number of benzene rings is 2. The number of para-hydroxylation sites is 1. The molecular weight excluding hydrogens is 334 g/mol. The van der Waals surface area contributed by atoms with Gasteiger partial charge in [0.25, 0.3) is 10.0 Å². The molecule has 25 heavy (non-hydrogen) atoms. The van der Waals surface area contributed by atoms with E-state index >= 15 is 0 Å². The summed E-state index contributed by atoms with van der Waals surface area (Å²) in [4.78, 5) is 0.362. The van der Waals surface area contributed by atoms with Crippen molar-refractivity contribution in [2.75, 3.05) is 11.4 Å². The summed E-state index contributed by atoms with van der Waals surface area (Å²) < 4.78 is 34.0. The van der Waals surface area contributed by atoms with Crippen molar-refractivity contribution in [1.29, 1.82) is 0 Å². The lowest BCUT2D eigenvalue weighted by Crippen LogP contribution is -2.36. The molecule has 2 aromatic rings. The second-order valence-electron chi connectivity index (χ2n) is 7.00. The lowest BCUT2D eigenvalue weighted by atomic mass is 10.0. The van der Waals surface area contributed by atoms with Crippen molar-refractivity contribution >= 4 is 15.7 Å². The second-order valence-corrected chi connectivity index (χ2v) is 8.78. The Labute approximate surface area is 150 Å². The van der Waals surface area contributed by atoms with Gasteiger partial charge in [-0.1, -0.05) is 32.0 Å². The van der Waals surface area contributed by atoms with Gasteiger partial charge in [-0.3, -0.25) is 4.31 Å². The van der Waals surface area contributed by atoms with Gasteiger partial charge in [0.15, 0.2) is 0 Å².